The summed E-state index contributed by atoms with van der Waals surface area (Å²) >= 11 is 5.24. The van der Waals surface area contributed by atoms with E-state index in [1.54, 1.807) is 0 Å². The average Bonchev–Trinajstić information content (AvgIpc) is 1.88. The number of halogens is 1. The predicted octanol–water partition coefficient (Wildman–Crippen LogP) is 2.74. The monoisotopic (exact) mass is 160 g/mol. The second kappa shape index (κ2) is 5.48. The predicted molar refractivity (Wildman–Crippen MR) is 44.1 cm³/mol. The lowest BCUT2D eigenvalue weighted by Gasteiger charge is -2.02. The Balaban J connectivity index is 3.30. The SMILES string of the molecule is C=CCCCC(C)C(=O)Cl. The fourth-order valence-corrected chi connectivity index (χ4v) is 0.791. The van der Waals surface area contributed by atoms with Gasteiger partial charge in [-0.15, -0.1) is 6.58 Å². The van der Waals surface area contributed by atoms with Crippen LogP contribution in [0.15, 0.2) is 12.7 Å². The maximum atomic E-state index is 10.5. The van der Waals surface area contributed by atoms with E-state index in [1.807, 2.05) is 13.0 Å². The third-order valence-electron chi connectivity index (χ3n) is 1.43. The molecular formula is C8H13ClO. The summed E-state index contributed by atoms with van der Waals surface area (Å²) in [5.74, 6) is 0.00150. The molecule has 0 aromatic rings. The van der Waals surface area contributed by atoms with Crippen LogP contribution in [-0.4, -0.2) is 5.24 Å². The van der Waals surface area contributed by atoms with Crippen molar-refractivity contribution in [3.05, 3.63) is 12.7 Å². The van der Waals surface area contributed by atoms with Gasteiger partial charge in [0.2, 0.25) is 5.24 Å². The van der Waals surface area contributed by atoms with Crippen molar-refractivity contribution < 1.29 is 4.79 Å². The summed E-state index contributed by atoms with van der Waals surface area (Å²) in [4.78, 5) is 10.5. The van der Waals surface area contributed by atoms with Gasteiger partial charge in [0.05, 0.1) is 0 Å². The summed E-state index contributed by atoms with van der Waals surface area (Å²) in [6.45, 7) is 5.43. The molecule has 1 atom stereocenters. The molecule has 0 radical (unpaired) electrons. The molecule has 58 valence electrons. The van der Waals surface area contributed by atoms with Crippen LogP contribution in [0.1, 0.15) is 26.2 Å². The molecule has 10 heavy (non-hydrogen) atoms. The van der Waals surface area contributed by atoms with E-state index in [1.165, 1.54) is 0 Å². The molecular weight excluding hydrogens is 148 g/mol. The fraction of sp³-hybridized carbons (Fsp3) is 0.625. The van der Waals surface area contributed by atoms with Gasteiger partial charge in [-0.25, -0.2) is 0 Å². The van der Waals surface area contributed by atoms with Gasteiger partial charge >= 0.3 is 0 Å². The topological polar surface area (TPSA) is 17.1 Å². The lowest BCUT2D eigenvalue weighted by Crippen LogP contribution is -2.02. The Morgan fingerprint density at radius 1 is 1.80 bits per heavy atom. The van der Waals surface area contributed by atoms with Crippen molar-refractivity contribution in [2.75, 3.05) is 0 Å². The van der Waals surface area contributed by atoms with E-state index in [0.29, 0.717) is 0 Å². The molecule has 0 amide bonds. The van der Waals surface area contributed by atoms with Crippen LogP contribution < -0.4 is 0 Å². The molecule has 0 saturated heterocycles. The molecule has 0 aromatic carbocycles. The zero-order chi connectivity index (χ0) is 7.98. The van der Waals surface area contributed by atoms with E-state index >= 15 is 0 Å². The van der Waals surface area contributed by atoms with Crippen LogP contribution in [0, 0.1) is 5.92 Å². The molecule has 2 heteroatoms. The first kappa shape index (κ1) is 9.70. The molecule has 0 aliphatic carbocycles. The highest BCUT2D eigenvalue weighted by atomic mass is 35.5. The van der Waals surface area contributed by atoms with Crippen molar-refractivity contribution in [1.29, 1.82) is 0 Å². The van der Waals surface area contributed by atoms with Gasteiger partial charge in [0.25, 0.3) is 0 Å². The van der Waals surface area contributed by atoms with Crippen LogP contribution in [0.2, 0.25) is 0 Å². The van der Waals surface area contributed by atoms with Gasteiger partial charge in [0.1, 0.15) is 0 Å². The number of hydrogen-bond donors (Lipinski definition) is 0. The second-order valence-corrected chi connectivity index (χ2v) is 2.80. The number of hydrogen-bond acceptors (Lipinski definition) is 1. The standard InChI is InChI=1S/C8H13ClO/c1-3-4-5-6-7(2)8(9)10/h3,7H,1,4-6H2,2H3. The van der Waals surface area contributed by atoms with Gasteiger partial charge in [-0.3, -0.25) is 4.79 Å². The van der Waals surface area contributed by atoms with E-state index in [9.17, 15) is 4.79 Å². The van der Waals surface area contributed by atoms with Crippen LogP contribution in [0.5, 0.6) is 0 Å². The van der Waals surface area contributed by atoms with Crippen molar-refractivity contribution in [3.8, 4) is 0 Å². The Morgan fingerprint density at radius 2 is 2.40 bits per heavy atom. The van der Waals surface area contributed by atoms with Gasteiger partial charge in [-0.1, -0.05) is 13.0 Å². The first-order valence-electron chi connectivity index (χ1n) is 3.48. The minimum atomic E-state index is -0.232. The van der Waals surface area contributed by atoms with Gasteiger partial charge in [-0.2, -0.15) is 0 Å². The normalized spacial score (nSPS) is 12.6. The minimum absolute atomic E-state index is 0.00150. The van der Waals surface area contributed by atoms with E-state index in [2.05, 4.69) is 6.58 Å². The molecule has 0 aliphatic heterocycles. The molecule has 0 bridgehead atoms. The van der Waals surface area contributed by atoms with Crippen LogP contribution in [0.25, 0.3) is 0 Å². The molecule has 0 rings (SSSR count). The second-order valence-electron chi connectivity index (χ2n) is 2.42. The Bertz CT molecular complexity index is 120. The summed E-state index contributed by atoms with van der Waals surface area (Å²) in [5, 5.41) is -0.232. The highest BCUT2D eigenvalue weighted by Gasteiger charge is 2.07. The maximum absolute atomic E-state index is 10.5. The smallest absolute Gasteiger partial charge is 0.224 e. The highest BCUT2D eigenvalue weighted by Crippen LogP contribution is 2.10. The van der Waals surface area contributed by atoms with E-state index < -0.39 is 0 Å². The summed E-state index contributed by atoms with van der Waals surface area (Å²) < 4.78 is 0. The number of unbranched alkanes of at least 4 members (excludes halogenated alkanes) is 1. The molecule has 0 saturated carbocycles. The van der Waals surface area contributed by atoms with Gasteiger partial charge in [-0.05, 0) is 30.9 Å². The quantitative estimate of drug-likeness (QED) is 0.344. The molecule has 0 heterocycles. The van der Waals surface area contributed by atoms with Crippen LogP contribution in [-0.2, 0) is 4.79 Å². The maximum Gasteiger partial charge on any atom is 0.224 e. The molecule has 0 fully saturated rings. The largest absolute Gasteiger partial charge is 0.281 e. The van der Waals surface area contributed by atoms with E-state index in [0.717, 1.165) is 19.3 Å². The average molecular weight is 161 g/mol. The number of carbonyl (C=O) groups excluding carboxylic acids is 1. The summed E-state index contributed by atoms with van der Waals surface area (Å²) in [6, 6.07) is 0. The molecule has 0 aromatic heterocycles. The third kappa shape index (κ3) is 4.57. The van der Waals surface area contributed by atoms with Gasteiger partial charge in [0.15, 0.2) is 0 Å². The summed E-state index contributed by atoms with van der Waals surface area (Å²) in [7, 11) is 0. The number of rotatable bonds is 5. The summed E-state index contributed by atoms with van der Waals surface area (Å²) in [5.41, 5.74) is 0. The fourth-order valence-electron chi connectivity index (χ4n) is 0.682. The molecule has 0 aliphatic rings. The van der Waals surface area contributed by atoms with Crippen molar-refractivity contribution in [3.63, 3.8) is 0 Å². The minimum Gasteiger partial charge on any atom is -0.281 e. The van der Waals surface area contributed by atoms with Crippen LogP contribution in [0.3, 0.4) is 0 Å². The van der Waals surface area contributed by atoms with Crippen molar-refractivity contribution >= 4 is 16.8 Å². The van der Waals surface area contributed by atoms with Crippen LogP contribution >= 0.6 is 11.6 Å². The van der Waals surface area contributed by atoms with Crippen LogP contribution in [0.4, 0.5) is 0 Å². The zero-order valence-electron chi connectivity index (χ0n) is 6.27. The zero-order valence-corrected chi connectivity index (χ0v) is 7.03. The Hall–Kier alpha value is -0.300. The Labute approximate surface area is 67.1 Å². The van der Waals surface area contributed by atoms with E-state index in [-0.39, 0.29) is 11.2 Å². The molecule has 1 unspecified atom stereocenters. The Kier molecular flexibility index (Phi) is 5.32. The molecule has 0 N–H and O–H groups in total. The highest BCUT2D eigenvalue weighted by molar-refractivity contribution is 6.63. The van der Waals surface area contributed by atoms with Crippen molar-refractivity contribution in [1.82, 2.24) is 0 Å². The molecule has 0 spiro atoms. The number of allylic oxidation sites excluding steroid dienone is 1. The lowest BCUT2D eigenvalue weighted by molar-refractivity contribution is -0.114. The van der Waals surface area contributed by atoms with E-state index in [4.69, 9.17) is 11.6 Å². The summed E-state index contributed by atoms with van der Waals surface area (Å²) in [6.07, 6.45) is 4.69. The first-order valence-corrected chi connectivity index (χ1v) is 3.86. The van der Waals surface area contributed by atoms with Crippen molar-refractivity contribution in [2.45, 2.75) is 26.2 Å². The van der Waals surface area contributed by atoms with Gasteiger partial charge < -0.3 is 0 Å². The third-order valence-corrected chi connectivity index (χ3v) is 1.81. The first-order chi connectivity index (χ1) is 4.68. The van der Waals surface area contributed by atoms with Crippen molar-refractivity contribution in [2.24, 2.45) is 5.92 Å². The number of carbonyl (C=O) groups is 1. The Morgan fingerprint density at radius 3 is 2.80 bits per heavy atom. The molecule has 1 nitrogen and oxygen atoms in total. The van der Waals surface area contributed by atoms with Gasteiger partial charge in [0, 0.05) is 5.92 Å². The lowest BCUT2D eigenvalue weighted by atomic mass is 10.1.